The highest BCUT2D eigenvalue weighted by atomic mass is 32.1. The van der Waals surface area contributed by atoms with Crippen molar-refractivity contribution in [3.05, 3.63) is 77.7 Å². The van der Waals surface area contributed by atoms with E-state index in [1.165, 1.54) is 11.3 Å². The molecule has 3 rings (SSSR count). The zero-order valence-corrected chi connectivity index (χ0v) is 19.5. The van der Waals surface area contributed by atoms with Crippen molar-refractivity contribution in [3.63, 3.8) is 0 Å². The number of aryl methyl sites for hydroxylation is 1. The molecule has 31 heavy (non-hydrogen) atoms. The molecule has 0 aliphatic heterocycles. The Labute approximate surface area is 190 Å². The lowest BCUT2D eigenvalue weighted by Crippen LogP contribution is -2.33. The summed E-state index contributed by atoms with van der Waals surface area (Å²) >= 11 is 5.78. The molecule has 0 radical (unpaired) electrons. The molecule has 0 fully saturated rings. The molecular formula is C25H31N3O2S. The van der Waals surface area contributed by atoms with E-state index >= 15 is 0 Å². The molecule has 3 aromatic rings. The van der Waals surface area contributed by atoms with Gasteiger partial charge in [-0.05, 0) is 80.5 Å². The van der Waals surface area contributed by atoms with Crippen LogP contribution in [0.5, 0.6) is 5.75 Å². The van der Waals surface area contributed by atoms with Crippen LogP contribution in [0.3, 0.4) is 0 Å². The van der Waals surface area contributed by atoms with Crippen LogP contribution in [-0.2, 0) is 13.1 Å². The Hall–Kier alpha value is -2.99. The van der Waals surface area contributed by atoms with Gasteiger partial charge in [0.25, 0.3) is 0 Å². The van der Waals surface area contributed by atoms with Gasteiger partial charge < -0.3 is 24.3 Å². The van der Waals surface area contributed by atoms with Crippen molar-refractivity contribution in [2.75, 3.05) is 30.4 Å². The van der Waals surface area contributed by atoms with Gasteiger partial charge in [-0.1, -0.05) is 18.2 Å². The maximum absolute atomic E-state index is 5.78. The lowest BCUT2D eigenvalue weighted by Gasteiger charge is -2.26. The maximum Gasteiger partial charge on any atom is 0.174 e. The summed E-state index contributed by atoms with van der Waals surface area (Å²) < 4.78 is 11.1. The molecule has 0 amide bonds. The van der Waals surface area contributed by atoms with Crippen LogP contribution in [-0.4, -0.2) is 30.2 Å². The summed E-state index contributed by atoms with van der Waals surface area (Å²) in [5, 5.41) is 3.97. The standard InChI is InChI=1S/C25H31N3O2S/c1-5-27(6-2)21-12-10-20(11-13-21)17-28(18-22-8-7-15-30-22)25(31)26-23-14-9-19(3)16-24(23)29-4/h7-16H,5-6,17-18H2,1-4H3,(H,26,31). The Morgan fingerprint density at radius 3 is 2.39 bits per heavy atom. The fourth-order valence-corrected chi connectivity index (χ4v) is 3.75. The van der Waals surface area contributed by atoms with Crippen LogP contribution < -0.4 is 15.0 Å². The van der Waals surface area contributed by atoms with E-state index < -0.39 is 0 Å². The monoisotopic (exact) mass is 437 g/mol. The van der Waals surface area contributed by atoms with Crippen molar-refractivity contribution in [1.29, 1.82) is 0 Å². The van der Waals surface area contributed by atoms with Crippen molar-refractivity contribution in [2.45, 2.75) is 33.9 Å². The van der Waals surface area contributed by atoms with E-state index in [4.69, 9.17) is 21.4 Å². The minimum Gasteiger partial charge on any atom is -0.495 e. The Morgan fingerprint density at radius 2 is 1.77 bits per heavy atom. The largest absolute Gasteiger partial charge is 0.495 e. The highest BCUT2D eigenvalue weighted by Crippen LogP contribution is 2.26. The number of anilines is 2. The minimum absolute atomic E-state index is 0.574. The molecule has 0 spiro atoms. The Kier molecular flexibility index (Phi) is 7.95. The third-order valence-corrected chi connectivity index (χ3v) is 5.61. The Balaban J connectivity index is 1.79. The average molecular weight is 438 g/mol. The van der Waals surface area contributed by atoms with E-state index in [0.717, 1.165) is 35.9 Å². The van der Waals surface area contributed by atoms with Gasteiger partial charge in [-0.25, -0.2) is 0 Å². The number of hydrogen-bond acceptors (Lipinski definition) is 4. The summed E-state index contributed by atoms with van der Waals surface area (Å²) in [5.41, 5.74) is 4.40. The first-order valence-electron chi connectivity index (χ1n) is 10.6. The highest BCUT2D eigenvalue weighted by molar-refractivity contribution is 7.80. The number of nitrogens with zero attached hydrogens (tertiary/aromatic N) is 2. The number of methoxy groups -OCH3 is 1. The van der Waals surface area contributed by atoms with E-state index in [1.54, 1.807) is 13.4 Å². The zero-order chi connectivity index (χ0) is 22.2. The molecule has 2 aromatic carbocycles. The number of furan rings is 1. The number of benzene rings is 2. The summed E-state index contributed by atoms with van der Waals surface area (Å²) in [4.78, 5) is 4.43. The Bertz CT molecular complexity index is 967. The number of ether oxygens (including phenoxy) is 1. The molecule has 6 heteroatoms. The van der Waals surface area contributed by atoms with Crippen LogP contribution in [0, 0.1) is 6.92 Å². The van der Waals surface area contributed by atoms with Crippen LogP contribution in [0.4, 0.5) is 11.4 Å². The van der Waals surface area contributed by atoms with Gasteiger partial charge in [-0.2, -0.15) is 0 Å². The van der Waals surface area contributed by atoms with Crippen LogP contribution in [0.1, 0.15) is 30.7 Å². The molecule has 0 saturated carbocycles. The molecule has 0 saturated heterocycles. The van der Waals surface area contributed by atoms with Gasteiger partial charge in [0.15, 0.2) is 5.11 Å². The highest BCUT2D eigenvalue weighted by Gasteiger charge is 2.15. The predicted molar refractivity (Wildman–Crippen MR) is 132 cm³/mol. The van der Waals surface area contributed by atoms with Crippen molar-refractivity contribution < 1.29 is 9.15 Å². The van der Waals surface area contributed by atoms with Gasteiger partial charge >= 0.3 is 0 Å². The molecule has 0 bridgehead atoms. The van der Waals surface area contributed by atoms with E-state index in [2.05, 4.69) is 53.2 Å². The second kappa shape index (κ2) is 10.9. The number of rotatable bonds is 9. The topological polar surface area (TPSA) is 40.9 Å². The number of nitrogens with one attached hydrogen (secondary N) is 1. The van der Waals surface area contributed by atoms with Crippen LogP contribution in [0.2, 0.25) is 0 Å². The second-order valence-corrected chi connectivity index (χ2v) is 7.79. The van der Waals surface area contributed by atoms with Crippen LogP contribution >= 0.6 is 12.2 Å². The fourth-order valence-electron chi connectivity index (χ4n) is 3.51. The maximum atomic E-state index is 5.78. The van der Waals surface area contributed by atoms with Gasteiger partial charge in [-0.15, -0.1) is 0 Å². The smallest absolute Gasteiger partial charge is 0.174 e. The molecule has 0 unspecified atom stereocenters. The zero-order valence-electron chi connectivity index (χ0n) is 18.7. The molecule has 1 aromatic heterocycles. The molecule has 1 N–H and O–H groups in total. The summed E-state index contributed by atoms with van der Waals surface area (Å²) in [5.74, 6) is 1.63. The normalized spacial score (nSPS) is 10.6. The van der Waals surface area contributed by atoms with Crippen LogP contribution in [0.15, 0.2) is 65.3 Å². The van der Waals surface area contributed by atoms with Crippen LogP contribution in [0.25, 0.3) is 0 Å². The van der Waals surface area contributed by atoms with Gasteiger partial charge in [0.05, 0.1) is 25.6 Å². The molecule has 0 aliphatic rings. The molecule has 5 nitrogen and oxygen atoms in total. The van der Waals surface area contributed by atoms with E-state index in [9.17, 15) is 0 Å². The first-order chi connectivity index (χ1) is 15.0. The lowest BCUT2D eigenvalue weighted by atomic mass is 10.1. The van der Waals surface area contributed by atoms with Gasteiger partial charge in [0, 0.05) is 25.3 Å². The number of thiocarbonyl (C=S) groups is 1. The summed E-state index contributed by atoms with van der Waals surface area (Å²) in [6, 6.07) is 18.6. The Morgan fingerprint density at radius 1 is 1.03 bits per heavy atom. The third kappa shape index (κ3) is 6.01. The number of hydrogen-bond donors (Lipinski definition) is 1. The predicted octanol–water partition coefficient (Wildman–Crippen LogP) is 5.84. The molecule has 164 valence electrons. The SMILES string of the molecule is CCN(CC)c1ccc(CN(Cc2ccco2)C(=S)Nc2ccc(C)cc2OC)cc1. The average Bonchev–Trinajstić information content (AvgIpc) is 3.29. The first-order valence-corrected chi connectivity index (χ1v) is 11.0. The van der Waals surface area contributed by atoms with Crippen molar-refractivity contribution >= 4 is 28.7 Å². The van der Waals surface area contributed by atoms with Gasteiger partial charge in [0.2, 0.25) is 0 Å². The van der Waals surface area contributed by atoms with Gasteiger partial charge in [0.1, 0.15) is 11.5 Å². The first kappa shape index (κ1) is 22.7. The minimum atomic E-state index is 0.574. The van der Waals surface area contributed by atoms with E-state index in [0.29, 0.717) is 18.2 Å². The molecule has 0 aliphatic carbocycles. The van der Waals surface area contributed by atoms with Crippen molar-refractivity contribution in [3.8, 4) is 5.75 Å². The fraction of sp³-hybridized carbons (Fsp3) is 0.320. The van der Waals surface area contributed by atoms with Crippen molar-refractivity contribution in [2.24, 2.45) is 0 Å². The van der Waals surface area contributed by atoms with E-state index in [1.807, 2.05) is 37.3 Å². The summed E-state index contributed by atoms with van der Waals surface area (Å²) in [6.45, 7) is 9.61. The van der Waals surface area contributed by atoms with Gasteiger partial charge in [-0.3, -0.25) is 0 Å². The quantitative estimate of drug-likeness (QED) is 0.424. The lowest BCUT2D eigenvalue weighted by molar-refractivity contribution is 0.360. The molecule has 0 atom stereocenters. The summed E-state index contributed by atoms with van der Waals surface area (Å²) in [7, 11) is 1.67. The molecule has 1 heterocycles. The summed E-state index contributed by atoms with van der Waals surface area (Å²) in [6.07, 6.45) is 1.69. The second-order valence-electron chi connectivity index (χ2n) is 7.41. The molecular weight excluding hydrogens is 406 g/mol. The van der Waals surface area contributed by atoms with Crippen molar-refractivity contribution in [1.82, 2.24) is 4.90 Å². The van der Waals surface area contributed by atoms with E-state index in [-0.39, 0.29) is 0 Å². The third-order valence-electron chi connectivity index (χ3n) is 5.25.